The number of hydrogen-bond donors (Lipinski definition) is 4. The van der Waals surface area contributed by atoms with Crippen LogP contribution >= 0.6 is 22.6 Å². The lowest BCUT2D eigenvalue weighted by Crippen LogP contribution is -2.41. The van der Waals surface area contributed by atoms with Gasteiger partial charge in [0.15, 0.2) is 0 Å². The number of halogens is 1. The Bertz CT molecular complexity index is 655. The fourth-order valence-corrected chi connectivity index (χ4v) is 2.94. The number of nitrogens with one attached hydrogen (secondary N) is 4. The van der Waals surface area contributed by atoms with Crippen LogP contribution in [0.25, 0.3) is 11.0 Å². The van der Waals surface area contributed by atoms with Gasteiger partial charge in [0, 0.05) is 11.4 Å². The Morgan fingerprint density at radius 3 is 2.85 bits per heavy atom. The summed E-state index contributed by atoms with van der Waals surface area (Å²) in [4.78, 5) is 19.7. The third-order valence-corrected chi connectivity index (χ3v) is 4.35. The molecule has 1 aliphatic rings. The van der Waals surface area contributed by atoms with Gasteiger partial charge >= 0.3 is 0 Å². The van der Waals surface area contributed by atoms with Crippen molar-refractivity contribution in [2.24, 2.45) is 5.92 Å². The van der Waals surface area contributed by atoms with Crippen LogP contribution < -0.4 is 16.2 Å². The number of carbonyl (C=O) groups is 1. The molecule has 4 N–H and O–H groups in total. The van der Waals surface area contributed by atoms with Gasteiger partial charge in [0.1, 0.15) is 11.7 Å². The molecule has 1 saturated heterocycles. The zero-order valence-corrected chi connectivity index (χ0v) is 13.4. The van der Waals surface area contributed by atoms with Gasteiger partial charge in [-0.25, -0.2) is 10.4 Å². The maximum atomic E-state index is 12.3. The number of hydrazine groups is 1. The van der Waals surface area contributed by atoms with Crippen LogP contribution in [0.3, 0.4) is 0 Å². The summed E-state index contributed by atoms with van der Waals surface area (Å²) in [6.45, 7) is 4.11. The minimum absolute atomic E-state index is 0.0410. The van der Waals surface area contributed by atoms with Crippen molar-refractivity contribution in [1.82, 2.24) is 20.8 Å². The minimum atomic E-state index is -0.230. The lowest BCUT2D eigenvalue weighted by molar-refractivity contribution is -0.118. The highest BCUT2D eigenvalue weighted by Crippen LogP contribution is 2.20. The summed E-state index contributed by atoms with van der Waals surface area (Å²) in [5.41, 5.74) is 7.66. The standard InChI is InChI=1S/C13H16IN5O/c1-6-7(2)18-19-11(6)13(20)16-9-3-8-4-10(14)17-12(8)15-5-9/h3-7,11,18-19H,1-2H3,(H,15,17)(H,16,20). The third-order valence-electron chi connectivity index (χ3n) is 3.77. The lowest BCUT2D eigenvalue weighted by Gasteiger charge is -2.15. The van der Waals surface area contributed by atoms with Gasteiger partial charge in [0.25, 0.3) is 0 Å². The molecule has 2 aromatic heterocycles. The van der Waals surface area contributed by atoms with Crippen LogP contribution in [0.2, 0.25) is 0 Å². The van der Waals surface area contributed by atoms with Crippen LogP contribution in [0.4, 0.5) is 5.69 Å². The first kappa shape index (κ1) is 13.8. The number of fused-ring (bicyclic) bond motifs is 1. The number of aromatic nitrogens is 2. The maximum absolute atomic E-state index is 12.3. The number of anilines is 1. The van der Waals surface area contributed by atoms with Crippen molar-refractivity contribution < 1.29 is 4.79 Å². The van der Waals surface area contributed by atoms with Crippen molar-refractivity contribution in [2.45, 2.75) is 25.9 Å². The van der Waals surface area contributed by atoms with Crippen molar-refractivity contribution in [3.05, 3.63) is 22.0 Å². The molecule has 1 fully saturated rings. The van der Waals surface area contributed by atoms with Gasteiger partial charge in [0.05, 0.1) is 15.6 Å². The van der Waals surface area contributed by atoms with Crippen LogP contribution in [-0.4, -0.2) is 28.0 Å². The molecule has 20 heavy (non-hydrogen) atoms. The van der Waals surface area contributed by atoms with E-state index < -0.39 is 0 Å². The number of nitrogens with zero attached hydrogens (tertiary/aromatic N) is 1. The van der Waals surface area contributed by atoms with Crippen LogP contribution in [0.1, 0.15) is 13.8 Å². The molecule has 0 radical (unpaired) electrons. The first-order valence-electron chi connectivity index (χ1n) is 6.51. The zero-order valence-electron chi connectivity index (χ0n) is 11.2. The quantitative estimate of drug-likeness (QED) is 0.593. The van der Waals surface area contributed by atoms with E-state index in [1.54, 1.807) is 6.20 Å². The van der Waals surface area contributed by atoms with Crippen LogP contribution in [0.15, 0.2) is 18.3 Å². The van der Waals surface area contributed by atoms with Crippen molar-refractivity contribution in [1.29, 1.82) is 0 Å². The molecule has 3 unspecified atom stereocenters. The normalized spacial score (nSPS) is 26.1. The second-order valence-corrected chi connectivity index (χ2v) is 6.34. The van der Waals surface area contributed by atoms with Gasteiger partial charge in [-0.15, -0.1) is 0 Å². The second kappa shape index (κ2) is 5.30. The Labute approximate surface area is 130 Å². The topological polar surface area (TPSA) is 81.8 Å². The Kier molecular flexibility index (Phi) is 3.65. The fourth-order valence-electron chi connectivity index (χ4n) is 2.35. The van der Waals surface area contributed by atoms with Crippen molar-refractivity contribution >= 4 is 45.2 Å². The largest absolute Gasteiger partial charge is 0.335 e. The summed E-state index contributed by atoms with van der Waals surface area (Å²) < 4.78 is 1.03. The number of pyridine rings is 1. The van der Waals surface area contributed by atoms with E-state index in [0.717, 1.165) is 14.7 Å². The summed E-state index contributed by atoms with van der Waals surface area (Å²) in [6.07, 6.45) is 1.67. The molecule has 0 aromatic carbocycles. The number of rotatable bonds is 2. The number of H-pyrrole nitrogens is 1. The van der Waals surface area contributed by atoms with Gasteiger partial charge < -0.3 is 10.3 Å². The molecule has 2 aromatic rings. The molecule has 106 valence electrons. The van der Waals surface area contributed by atoms with E-state index in [9.17, 15) is 4.79 Å². The molecule has 1 amide bonds. The molecule has 0 spiro atoms. The highest BCUT2D eigenvalue weighted by molar-refractivity contribution is 14.1. The molecular weight excluding hydrogens is 369 g/mol. The molecule has 0 saturated carbocycles. The lowest BCUT2D eigenvalue weighted by atomic mass is 9.97. The van der Waals surface area contributed by atoms with Crippen LogP contribution in [-0.2, 0) is 4.79 Å². The molecule has 6 nitrogen and oxygen atoms in total. The first-order valence-corrected chi connectivity index (χ1v) is 7.58. The molecule has 3 atom stereocenters. The summed E-state index contributed by atoms with van der Waals surface area (Å²) in [6, 6.07) is 3.97. The Balaban J connectivity index is 1.77. The fraction of sp³-hybridized carbons (Fsp3) is 0.385. The van der Waals surface area contributed by atoms with Gasteiger partial charge in [-0.2, -0.15) is 0 Å². The van der Waals surface area contributed by atoms with Crippen molar-refractivity contribution in [3.8, 4) is 0 Å². The Morgan fingerprint density at radius 2 is 2.15 bits per heavy atom. The average Bonchev–Trinajstić information content (AvgIpc) is 2.92. The molecule has 0 bridgehead atoms. The van der Waals surface area contributed by atoms with E-state index >= 15 is 0 Å². The number of amides is 1. The number of aromatic amines is 1. The minimum Gasteiger partial charge on any atom is -0.335 e. The monoisotopic (exact) mass is 385 g/mol. The average molecular weight is 385 g/mol. The van der Waals surface area contributed by atoms with Crippen molar-refractivity contribution in [2.75, 3.05) is 5.32 Å². The molecule has 3 heterocycles. The predicted octanol–water partition coefficient (Wildman–Crippen LogP) is 1.61. The first-order chi connectivity index (χ1) is 9.54. The van der Waals surface area contributed by atoms with Gasteiger partial charge in [0.2, 0.25) is 5.91 Å². The SMILES string of the molecule is CC1NNC(C(=O)Nc2cnc3[nH]c(I)cc3c2)C1C. The Hall–Kier alpha value is -1.19. The van der Waals surface area contributed by atoms with E-state index in [2.05, 4.69) is 62.6 Å². The van der Waals surface area contributed by atoms with Crippen molar-refractivity contribution in [3.63, 3.8) is 0 Å². The van der Waals surface area contributed by atoms with Crippen LogP contribution in [0, 0.1) is 9.62 Å². The summed E-state index contributed by atoms with van der Waals surface area (Å²) in [5, 5.41) is 3.91. The number of hydrogen-bond acceptors (Lipinski definition) is 4. The predicted molar refractivity (Wildman–Crippen MR) is 86.1 cm³/mol. The number of carbonyl (C=O) groups excluding carboxylic acids is 1. The second-order valence-electron chi connectivity index (χ2n) is 5.18. The zero-order chi connectivity index (χ0) is 14.3. The van der Waals surface area contributed by atoms with Crippen LogP contribution in [0.5, 0.6) is 0 Å². The summed E-state index contributed by atoms with van der Waals surface area (Å²) in [7, 11) is 0. The smallest absolute Gasteiger partial charge is 0.243 e. The molecule has 7 heteroatoms. The maximum Gasteiger partial charge on any atom is 0.243 e. The summed E-state index contributed by atoms with van der Waals surface area (Å²) >= 11 is 2.20. The van der Waals surface area contributed by atoms with E-state index in [1.807, 2.05) is 12.1 Å². The molecule has 3 rings (SSSR count). The van der Waals surface area contributed by atoms with E-state index in [4.69, 9.17) is 0 Å². The molecule has 0 aliphatic carbocycles. The molecule has 1 aliphatic heterocycles. The van der Waals surface area contributed by atoms with E-state index in [1.165, 1.54) is 0 Å². The van der Waals surface area contributed by atoms with Gasteiger partial charge in [-0.1, -0.05) is 6.92 Å². The van der Waals surface area contributed by atoms with Gasteiger partial charge in [-0.3, -0.25) is 10.2 Å². The Morgan fingerprint density at radius 1 is 1.35 bits per heavy atom. The highest BCUT2D eigenvalue weighted by atomic mass is 127. The highest BCUT2D eigenvalue weighted by Gasteiger charge is 2.34. The van der Waals surface area contributed by atoms with Gasteiger partial charge in [-0.05, 0) is 47.6 Å². The third kappa shape index (κ3) is 2.52. The molecular formula is C13H16IN5O. The van der Waals surface area contributed by atoms with E-state index in [-0.39, 0.29) is 23.9 Å². The van der Waals surface area contributed by atoms with E-state index in [0.29, 0.717) is 5.69 Å². The summed E-state index contributed by atoms with van der Waals surface area (Å²) in [5.74, 6) is 0.195.